The van der Waals surface area contributed by atoms with E-state index in [0.29, 0.717) is 19.8 Å². The summed E-state index contributed by atoms with van der Waals surface area (Å²) in [4.78, 5) is 11.8. The first-order chi connectivity index (χ1) is 8.75. The zero-order valence-electron chi connectivity index (χ0n) is 10.1. The summed E-state index contributed by atoms with van der Waals surface area (Å²) in [5, 5.41) is 6.05. The van der Waals surface area contributed by atoms with Gasteiger partial charge >= 0.3 is 0 Å². The predicted octanol–water partition coefficient (Wildman–Crippen LogP) is 1.10. The maximum absolute atomic E-state index is 11.8. The lowest BCUT2D eigenvalue weighted by atomic mass is 10.1. The molecule has 0 aromatic heterocycles. The number of amides is 1. The normalized spacial score (nSPS) is 19.5. The smallest absolute Gasteiger partial charge is 0.239 e. The number of benzene rings is 1. The molecule has 5 heteroatoms. The number of ether oxygens (including phenoxy) is 1. The van der Waals surface area contributed by atoms with E-state index >= 15 is 0 Å². The molecule has 2 rings (SSSR count). The van der Waals surface area contributed by atoms with Crippen molar-refractivity contribution in [1.29, 1.82) is 0 Å². The van der Waals surface area contributed by atoms with Gasteiger partial charge in [-0.1, -0.05) is 28.1 Å². The zero-order valence-corrected chi connectivity index (χ0v) is 11.7. The second kappa shape index (κ2) is 6.87. The van der Waals surface area contributed by atoms with Gasteiger partial charge < -0.3 is 15.4 Å². The second-order valence-corrected chi connectivity index (χ2v) is 5.16. The highest BCUT2D eigenvalue weighted by molar-refractivity contribution is 9.10. The van der Waals surface area contributed by atoms with Crippen molar-refractivity contribution in [2.45, 2.75) is 12.5 Å². The molecule has 1 aromatic rings. The Morgan fingerprint density at radius 2 is 2.22 bits per heavy atom. The van der Waals surface area contributed by atoms with Gasteiger partial charge in [-0.05, 0) is 24.1 Å². The maximum Gasteiger partial charge on any atom is 0.239 e. The number of morpholine rings is 1. The minimum Gasteiger partial charge on any atom is -0.378 e. The molecule has 1 fully saturated rings. The molecule has 18 heavy (non-hydrogen) atoms. The average molecular weight is 313 g/mol. The van der Waals surface area contributed by atoms with Crippen molar-refractivity contribution >= 4 is 21.8 Å². The van der Waals surface area contributed by atoms with Crippen LogP contribution >= 0.6 is 15.9 Å². The quantitative estimate of drug-likeness (QED) is 0.875. The molecule has 1 heterocycles. The summed E-state index contributed by atoms with van der Waals surface area (Å²) in [6, 6.07) is 7.92. The topological polar surface area (TPSA) is 50.4 Å². The van der Waals surface area contributed by atoms with Crippen molar-refractivity contribution in [2.24, 2.45) is 0 Å². The summed E-state index contributed by atoms with van der Waals surface area (Å²) in [5.74, 6) is 0.0202. The van der Waals surface area contributed by atoms with Crippen LogP contribution in [-0.4, -0.2) is 38.3 Å². The fraction of sp³-hybridized carbons (Fsp3) is 0.462. The standard InChI is InChI=1S/C13H17BrN2O2/c14-11-3-1-10(2-4-11)5-6-16-13(17)12-9-18-8-7-15-12/h1-4,12,15H,5-9H2,(H,16,17). The van der Waals surface area contributed by atoms with Crippen LogP contribution in [0.4, 0.5) is 0 Å². The Bertz CT molecular complexity index is 388. The Labute approximate surface area is 115 Å². The molecule has 0 saturated carbocycles. The number of nitrogens with one attached hydrogen (secondary N) is 2. The highest BCUT2D eigenvalue weighted by atomic mass is 79.9. The van der Waals surface area contributed by atoms with Gasteiger partial charge in [-0.3, -0.25) is 4.79 Å². The van der Waals surface area contributed by atoms with Crippen molar-refractivity contribution in [2.75, 3.05) is 26.3 Å². The molecule has 1 aromatic carbocycles. The van der Waals surface area contributed by atoms with E-state index < -0.39 is 0 Å². The van der Waals surface area contributed by atoms with Gasteiger partial charge in [0.1, 0.15) is 6.04 Å². The van der Waals surface area contributed by atoms with Crippen molar-refractivity contribution in [3.8, 4) is 0 Å². The van der Waals surface area contributed by atoms with Crippen LogP contribution in [0.15, 0.2) is 28.7 Å². The van der Waals surface area contributed by atoms with Gasteiger partial charge in [0.25, 0.3) is 0 Å². The lowest BCUT2D eigenvalue weighted by molar-refractivity contribution is -0.125. The largest absolute Gasteiger partial charge is 0.378 e. The van der Waals surface area contributed by atoms with E-state index in [9.17, 15) is 4.79 Å². The fourth-order valence-electron chi connectivity index (χ4n) is 1.84. The third-order valence-electron chi connectivity index (χ3n) is 2.86. The van der Waals surface area contributed by atoms with Gasteiger partial charge in [-0.25, -0.2) is 0 Å². The van der Waals surface area contributed by atoms with Gasteiger partial charge in [0.2, 0.25) is 5.91 Å². The number of carbonyl (C=O) groups excluding carboxylic acids is 1. The molecule has 4 nitrogen and oxygen atoms in total. The molecule has 1 amide bonds. The Hall–Kier alpha value is -0.910. The molecule has 0 aliphatic carbocycles. The summed E-state index contributed by atoms with van der Waals surface area (Å²) in [6.07, 6.45) is 0.840. The van der Waals surface area contributed by atoms with Gasteiger partial charge in [0, 0.05) is 17.6 Å². The molecule has 1 aliphatic rings. The van der Waals surface area contributed by atoms with Gasteiger partial charge in [-0.2, -0.15) is 0 Å². The molecule has 0 spiro atoms. The lowest BCUT2D eigenvalue weighted by Gasteiger charge is -2.22. The van der Waals surface area contributed by atoms with Gasteiger partial charge in [0.05, 0.1) is 13.2 Å². The highest BCUT2D eigenvalue weighted by Gasteiger charge is 2.20. The van der Waals surface area contributed by atoms with E-state index in [0.717, 1.165) is 17.4 Å². The molecular weight excluding hydrogens is 296 g/mol. The number of hydrogen-bond acceptors (Lipinski definition) is 3. The van der Waals surface area contributed by atoms with Crippen LogP contribution in [0, 0.1) is 0 Å². The van der Waals surface area contributed by atoms with Crippen LogP contribution in [0.5, 0.6) is 0 Å². The van der Waals surface area contributed by atoms with Crippen LogP contribution in [0.1, 0.15) is 5.56 Å². The summed E-state index contributed by atoms with van der Waals surface area (Å²) >= 11 is 3.40. The van der Waals surface area contributed by atoms with Crippen LogP contribution in [0.2, 0.25) is 0 Å². The molecule has 2 N–H and O–H groups in total. The third kappa shape index (κ3) is 4.08. The first-order valence-corrected chi connectivity index (χ1v) is 6.88. The van der Waals surface area contributed by atoms with Crippen molar-refractivity contribution in [3.63, 3.8) is 0 Å². The monoisotopic (exact) mass is 312 g/mol. The van der Waals surface area contributed by atoms with E-state index in [1.165, 1.54) is 5.56 Å². The fourth-order valence-corrected chi connectivity index (χ4v) is 2.10. The minimum absolute atomic E-state index is 0.0202. The van der Waals surface area contributed by atoms with Crippen LogP contribution in [0.3, 0.4) is 0 Å². The summed E-state index contributed by atoms with van der Waals surface area (Å²) in [6.45, 7) is 2.54. The Morgan fingerprint density at radius 1 is 1.44 bits per heavy atom. The number of rotatable bonds is 4. The molecule has 0 radical (unpaired) electrons. The number of carbonyl (C=O) groups is 1. The Morgan fingerprint density at radius 3 is 2.89 bits per heavy atom. The molecular formula is C13H17BrN2O2. The summed E-state index contributed by atoms with van der Waals surface area (Å²) in [7, 11) is 0. The number of hydrogen-bond donors (Lipinski definition) is 2. The summed E-state index contributed by atoms with van der Waals surface area (Å²) < 4.78 is 6.32. The van der Waals surface area contributed by atoms with Crippen molar-refractivity contribution in [3.05, 3.63) is 34.3 Å². The molecule has 98 valence electrons. The third-order valence-corrected chi connectivity index (χ3v) is 3.39. The Kier molecular flexibility index (Phi) is 5.16. The zero-order chi connectivity index (χ0) is 12.8. The number of halogens is 1. The SMILES string of the molecule is O=C(NCCc1ccc(Br)cc1)C1COCCN1. The molecule has 1 atom stereocenters. The van der Waals surface area contributed by atoms with E-state index in [-0.39, 0.29) is 11.9 Å². The summed E-state index contributed by atoms with van der Waals surface area (Å²) in [5.41, 5.74) is 1.21. The second-order valence-electron chi connectivity index (χ2n) is 4.25. The van der Waals surface area contributed by atoms with Crippen molar-refractivity contribution < 1.29 is 9.53 Å². The lowest BCUT2D eigenvalue weighted by Crippen LogP contribution is -2.51. The molecule has 1 aliphatic heterocycles. The van der Waals surface area contributed by atoms with Crippen LogP contribution in [0.25, 0.3) is 0 Å². The molecule has 0 bridgehead atoms. The van der Waals surface area contributed by atoms with E-state index in [2.05, 4.69) is 38.7 Å². The van der Waals surface area contributed by atoms with Crippen molar-refractivity contribution in [1.82, 2.24) is 10.6 Å². The molecule has 1 saturated heterocycles. The van der Waals surface area contributed by atoms with E-state index in [4.69, 9.17) is 4.74 Å². The maximum atomic E-state index is 11.8. The first-order valence-electron chi connectivity index (χ1n) is 6.09. The van der Waals surface area contributed by atoms with Crippen LogP contribution in [-0.2, 0) is 16.0 Å². The van der Waals surface area contributed by atoms with Gasteiger partial charge in [0.15, 0.2) is 0 Å². The predicted molar refractivity (Wildman–Crippen MR) is 73.5 cm³/mol. The average Bonchev–Trinajstić information content (AvgIpc) is 2.42. The molecule has 1 unspecified atom stereocenters. The highest BCUT2D eigenvalue weighted by Crippen LogP contribution is 2.10. The van der Waals surface area contributed by atoms with Gasteiger partial charge in [-0.15, -0.1) is 0 Å². The van der Waals surface area contributed by atoms with E-state index in [1.54, 1.807) is 0 Å². The minimum atomic E-state index is -0.205. The first kappa shape index (κ1) is 13.5. The Balaban J connectivity index is 1.71. The van der Waals surface area contributed by atoms with Crippen LogP contribution < -0.4 is 10.6 Å². The van der Waals surface area contributed by atoms with E-state index in [1.807, 2.05) is 12.1 Å².